The van der Waals surface area contributed by atoms with Crippen LogP contribution in [-0.4, -0.2) is 22.3 Å². The number of thiophene rings is 1. The highest BCUT2D eigenvalue weighted by Gasteiger charge is 2.23. The predicted octanol–water partition coefficient (Wildman–Crippen LogP) is 4.53. The standard InChI is InChI=1S/C23H20N2O3S/c1-2-15-3-5-16(6-4-15)20-11-17-7-8-18(12-21(17)29-20)27-14-19-13-25-10-9-22(26)24-23(25)28-19/h3-12,19H,2,13-14H2,1H3. The molecule has 3 heterocycles. The molecule has 1 unspecified atom stereocenters. The number of ether oxygens (including phenoxy) is 2. The lowest BCUT2D eigenvalue weighted by Gasteiger charge is -2.11. The molecule has 1 atom stereocenters. The summed E-state index contributed by atoms with van der Waals surface area (Å²) in [6.45, 7) is 3.20. The van der Waals surface area contributed by atoms with Gasteiger partial charge in [-0.3, -0.25) is 9.36 Å². The SMILES string of the molecule is CCc1ccc(-c2cc3ccc(OCC4Cn5ccc(=O)nc5O4)cc3s2)cc1. The molecule has 0 amide bonds. The molecule has 6 heteroatoms. The average Bonchev–Trinajstić information content (AvgIpc) is 3.35. The van der Waals surface area contributed by atoms with Gasteiger partial charge < -0.3 is 9.47 Å². The van der Waals surface area contributed by atoms with Gasteiger partial charge in [0.15, 0.2) is 6.10 Å². The van der Waals surface area contributed by atoms with Gasteiger partial charge in [0.25, 0.3) is 11.6 Å². The summed E-state index contributed by atoms with van der Waals surface area (Å²) in [5.74, 6) is 0.814. The van der Waals surface area contributed by atoms with Gasteiger partial charge in [-0.2, -0.15) is 4.98 Å². The van der Waals surface area contributed by atoms with Crippen molar-refractivity contribution in [1.82, 2.24) is 9.55 Å². The van der Waals surface area contributed by atoms with Crippen molar-refractivity contribution in [2.45, 2.75) is 26.0 Å². The molecule has 0 spiro atoms. The molecule has 0 saturated carbocycles. The molecule has 0 radical (unpaired) electrons. The quantitative estimate of drug-likeness (QED) is 0.490. The Kier molecular flexibility index (Phi) is 4.56. The summed E-state index contributed by atoms with van der Waals surface area (Å²) in [6, 6.07) is 18.9. The van der Waals surface area contributed by atoms with Crippen LogP contribution in [0.3, 0.4) is 0 Å². The van der Waals surface area contributed by atoms with Crippen molar-refractivity contribution in [2.75, 3.05) is 6.61 Å². The second-order valence-corrected chi connectivity index (χ2v) is 8.20. The van der Waals surface area contributed by atoms with E-state index in [-0.39, 0.29) is 11.7 Å². The fourth-order valence-electron chi connectivity index (χ4n) is 3.48. The lowest BCUT2D eigenvalue weighted by Crippen LogP contribution is -2.23. The maximum atomic E-state index is 11.3. The second kappa shape index (κ2) is 7.37. The number of benzene rings is 2. The Hall–Kier alpha value is -3.12. The number of fused-ring (bicyclic) bond motifs is 2. The molecule has 146 valence electrons. The molecule has 29 heavy (non-hydrogen) atoms. The third-order valence-electron chi connectivity index (χ3n) is 5.10. The minimum atomic E-state index is -0.291. The number of aromatic nitrogens is 2. The first-order valence-corrected chi connectivity index (χ1v) is 10.5. The summed E-state index contributed by atoms with van der Waals surface area (Å²) in [4.78, 5) is 16.5. The lowest BCUT2D eigenvalue weighted by molar-refractivity contribution is 0.144. The second-order valence-electron chi connectivity index (χ2n) is 7.11. The Labute approximate surface area is 172 Å². The van der Waals surface area contributed by atoms with Crippen LogP contribution >= 0.6 is 11.3 Å². The van der Waals surface area contributed by atoms with E-state index >= 15 is 0 Å². The number of rotatable bonds is 5. The Morgan fingerprint density at radius 3 is 2.86 bits per heavy atom. The Morgan fingerprint density at radius 1 is 1.17 bits per heavy atom. The van der Waals surface area contributed by atoms with Crippen LogP contribution in [0.5, 0.6) is 11.8 Å². The van der Waals surface area contributed by atoms with E-state index in [1.54, 1.807) is 17.5 Å². The van der Waals surface area contributed by atoms with Gasteiger partial charge in [-0.15, -0.1) is 11.3 Å². The summed E-state index contributed by atoms with van der Waals surface area (Å²) in [5, 5.41) is 1.21. The van der Waals surface area contributed by atoms with Crippen LogP contribution in [0.2, 0.25) is 0 Å². The molecule has 0 aliphatic carbocycles. The summed E-state index contributed by atoms with van der Waals surface area (Å²) < 4.78 is 14.7. The smallest absolute Gasteiger partial charge is 0.300 e. The van der Waals surface area contributed by atoms with E-state index in [2.05, 4.69) is 54.4 Å². The van der Waals surface area contributed by atoms with Gasteiger partial charge in [0.05, 0.1) is 6.54 Å². The number of nitrogens with zero attached hydrogens (tertiary/aromatic N) is 2. The molecule has 4 aromatic rings. The molecule has 0 N–H and O–H groups in total. The highest BCUT2D eigenvalue weighted by atomic mass is 32.1. The molecule has 0 fully saturated rings. The summed E-state index contributed by atoms with van der Waals surface area (Å²) in [5.41, 5.74) is 2.30. The summed E-state index contributed by atoms with van der Waals surface area (Å²) >= 11 is 1.77. The van der Waals surface area contributed by atoms with E-state index in [1.165, 1.54) is 32.2 Å². The van der Waals surface area contributed by atoms with Crippen molar-refractivity contribution in [2.24, 2.45) is 0 Å². The van der Waals surface area contributed by atoms with Crippen molar-refractivity contribution in [3.05, 3.63) is 76.7 Å². The molecule has 2 aromatic carbocycles. The Morgan fingerprint density at radius 2 is 2.03 bits per heavy atom. The van der Waals surface area contributed by atoms with Gasteiger partial charge in [-0.1, -0.05) is 31.2 Å². The van der Waals surface area contributed by atoms with Crippen molar-refractivity contribution in [3.63, 3.8) is 0 Å². The van der Waals surface area contributed by atoms with E-state index in [0.717, 1.165) is 12.2 Å². The topological polar surface area (TPSA) is 53.4 Å². The minimum absolute atomic E-state index is 0.157. The first-order chi connectivity index (χ1) is 14.2. The first kappa shape index (κ1) is 17.9. The van der Waals surface area contributed by atoms with Gasteiger partial charge >= 0.3 is 0 Å². The van der Waals surface area contributed by atoms with E-state index in [4.69, 9.17) is 9.47 Å². The highest BCUT2D eigenvalue weighted by Crippen LogP contribution is 2.35. The van der Waals surface area contributed by atoms with Crippen LogP contribution in [0.1, 0.15) is 12.5 Å². The fourth-order valence-corrected chi connectivity index (χ4v) is 4.57. The van der Waals surface area contributed by atoms with Crippen molar-refractivity contribution in [3.8, 4) is 22.2 Å². The van der Waals surface area contributed by atoms with Gasteiger partial charge in [-0.05, 0) is 47.2 Å². The summed E-state index contributed by atoms with van der Waals surface area (Å²) in [7, 11) is 0. The minimum Gasteiger partial charge on any atom is -0.490 e. The zero-order valence-electron chi connectivity index (χ0n) is 16.0. The molecule has 0 bridgehead atoms. The Balaban J connectivity index is 1.29. The zero-order valence-corrected chi connectivity index (χ0v) is 16.8. The van der Waals surface area contributed by atoms with E-state index in [1.807, 2.05) is 10.6 Å². The van der Waals surface area contributed by atoms with Crippen molar-refractivity contribution >= 4 is 21.4 Å². The highest BCUT2D eigenvalue weighted by molar-refractivity contribution is 7.22. The van der Waals surface area contributed by atoms with Gasteiger partial charge in [0.1, 0.15) is 12.4 Å². The van der Waals surface area contributed by atoms with Crippen LogP contribution in [0.25, 0.3) is 20.5 Å². The van der Waals surface area contributed by atoms with Crippen LogP contribution in [0.4, 0.5) is 0 Å². The monoisotopic (exact) mass is 404 g/mol. The maximum Gasteiger partial charge on any atom is 0.300 e. The van der Waals surface area contributed by atoms with Gasteiger partial charge in [0.2, 0.25) is 0 Å². The first-order valence-electron chi connectivity index (χ1n) is 9.68. The average molecular weight is 404 g/mol. The summed E-state index contributed by atoms with van der Waals surface area (Å²) in [6.07, 6.45) is 2.60. The van der Waals surface area contributed by atoms with Gasteiger partial charge in [0, 0.05) is 21.8 Å². The fraction of sp³-hybridized carbons (Fsp3) is 0.217. The predicted molar refractivity (Wildman–Crippen MR) is 115 cm³/mol. The normalized spacial score (nSPS) is 15.3. The third kappa shape index (κ3) is 3.63. The molecule has 5 rings (SSSR count). The van der Waals surface area contributed by atoms with Crippen LogP contribution in [0.15, 0.2) is 65.6 Å². The number of hydrogen-bond donors (Lipinski definition) is 0. The third-order valence-corrected chi connectivity index (χ3v) is 6.24. The maximum absolute atomic E-state index is 11.3. The number of aryl methyl sites for hydroxylation is 1. The molecule has 1 aliphatic rings. The van der Waals surface area contributed by atoms with E-state index in [0.29, 0.717) is 19.2 Å². The largest absolute Gasteiger partial charge is 0.490 e. The van der Waals surface area contributed by atoms with Gasteiger partial charge in [-0.25, -0.2) is 0 Å². The van der Waals surface area contributed by atoms with E-state index < -0.39 is 0 Å². The van der Waals surface area contributed by atoms with Crippen LogP contribution < -0.4 is 15.0 Å². The molecule has 2 aromatic heterocycles. The van der Waals surface area contributed by atoms with Crippen molar-refractivity contribution < 1.29 is 9.47 Å². The Bertz CT molecular complexity index is 1230. The molecule has 5 nitrogen and oxygen atoms in total. The lowest BCUT2D eigenvalue weighted by atomic mass is 10.1. The zero-order chi connectivity index (χ0) is 19.8. The molecule has 0 saturated heterocycles. The molecular formula is C23H20N2O3S. The van der Waals surface area contributed by atoms with Crippen molar-refractivity contribution in [1.29, 1.82) is 0 Å². The van der Waals surface area contributed by atoms with Crippen LogP contribution in [0, 0.1) is 0 Å². The molecular weight excluding hydrogens is 384 g/mol. The van der Waals surface area contributed by atoms with E-state index in [9.17, 15) is 4.79 Å². The molecule has 1 aliphatic heterocycles. The van der Waals surface area contributed by atoms with Crippen LogP contribution in [-0.2, 0) is 13.0 Å². The number of hydrogen-bond acceptors (Lipinski definition) is 5.